The average molecular weight is 259 g/mol. The number of benzene rings is 1. The van der Waals surface area contributed by atoms with Gasteiger partial charge in [-0.15, -0.1) is 0 Å². The highest BCUT2D eigenvalue weighted by molar-refractivity contribution is 6.20. The molecule has 1 aliphatic heterocycles. The lowest BCUT2D eigenvalue weighted by Crippen LogP contribution is -2.28. The first-order valence-corrected chi connectivity index (χ1v) is 5.78. The zero-order valence-corrected chi connectivity index (χ0v) is 10.5. The van der Waals surface area contributed by atoms with Gasteiger partial charge >= 0.3 is 5.97 Å². The van der Waals surface area contributed by atoms with Crippen LogP contribution in [0.25, 0.3) is 5.57 Å². The summed E-state index contributed by atoms with van der Waals surface area (Å²) < 4.78 is 4.59. The lowest BCUT2D eigenvalue weighted by molar-refractivity contribution is -0.133. The molecule has 0 atom stereocenters. The zero-order chi connectivity index (χ0) is 14.0. The molecule has 1 aromatic carbocycles. The fourth-order valence-corrected chi connectivity index (χ4v) is 1.94. The highest BCUT2D eigenvalue weighted by Gasteiger charge is 2.30. The van der Waals surface area contributed by atoms with E-state index in [-0.39, 0.29) is 30.2 Å². The third-order valence-corrected chi connectivity index (χ3v) is 2.94. The number of hydrogen-bond donors (Lipinski definition) is 0. The van der Waals surface area contributed by atoms with Crippen LogP contribution in [0, 0.1) is 0 Å². The van der Waals surface area contributed by atoms with Crippen LogP contribution in [0.15, 0.2) is 30.8 Å². The van der Waals surface area contributed by atoms with Crippen LogP contribution in [-0.2, 0) is 19.1 Å². The molecule has 5 nitrogen and oxygen atoms in total. The molecule has 2 amide bonds. The zero-order valence-electron chi connectivity index (χ0n) is 10.5. The number of carbonyl (C=O) groups is 3. The van der Waals surface area contributed by atoms with Crippen molar-refractivity contribution in [3.05, 3.63) is 36.4 Å². The third kappa shape index (κ3) is 2.40. The molecule has 0 radical (unpaired) electrons. The Kier molecular flexibility index (Phi) is 3.46. The Morgan fingerprint density at radius 1 is 1.26 bits per heavy atom. The number of esters is 1. The molecule has 0 aromatic heterocycles. The van der Waals surface area contributed by atoms with Crippen molar-refractivity contribution in [1.29, 1.82) is 0 Å². The summed E-state index contributed by atoms with van der Waals surface area (Å²) in [6.07, 6.45) is 0.446. The SMILES string of the molecule is C=C(C(=O)OC)c1cccc(N2C(=O)CCC2=O)c1. The molecule has 1 aliphatic rings. The van der Waals surface area contributed by atoms with Gasteiger partial charge in [-0.3, -0.25) is 14.5 Å². The Morgan fingerprint density at radius 2 is 1.89 bits per heavy atom. The van der Waals surface area contributed by atoms with E-state index in [9.17, 15) is 14.4 Å². The largest absolute Gasteiger partial charge is 0.465 e. The van der Waals surface area contributed by atoms with Crippen molar-refractivity contribution < 1.29 is 19.1 Å². The lowest BCUT2D eigenvalue weighted by atomic mass is 10.1. The summed E-state index contributed by atoms with van der Waals surface area (Å²) in [7, 11) is 1.27. The van der Waals surface area contributed by atoms with E-state index in [1.807, 2.05) is 0 Å². The maximum Gasteiger partial charge on any atom is 0.337 e. The van der Waals surface area contributed by atoms with Crippen molar-refractivity contribution in [3.8, 4) is 0 Å². The fraction of sp³-hybridized carbons (Fsp3) is 0.214. The number of nitrogens with zero attached hydrogens (tertiary/aromatic N) is 1. The van der Waals surface area contributed by atoms with Crippen LogP contribution in [0.4, 0.5) is 5.69 Å². The second-order valence-electron chi connectivity index (χ2n) is 4.14. The second kappa shape index (κ2) is 5.06. The standard InChI is InChI=1S/C14H13NO4/c1-9(14(18)19-2)10-4-3-5-11(8-10)15-12(16)6-7-13(15)17/h3-5,8H,1,6-7H2,2H3. The van der Waals surface area contributed by atoms with E-state index in [4.69, 9.17) is 0 Å². The summed E-state index contributed by atoms with van der Waals surface area (Å²) in [5, 5.41) is 0. The van der Waals surface area contributed by atoms with Crippen LogP contribution in [0.1, 0.15) is 18.4 Å². The minimum absolute atomic E-state index is 0.184. The van der Waals surface area contributed by atoms with Gasteiger partial charge < -0.3 is 4.74 Å². The van der Waals surface area contributed by atoms with E-state index in [1.165, 1.54) is 7.11 Å². The number of methoxy groups -OCH3 is 1. The van der Waals surface area contributed by atoms with E-state index >= 15 is 0 Å². The minimum Gasteiger partial charge on any atom is -0.465 e. The first-order chi connectivity index (χ1) is 9.04. The fourth-order valence-electron chi connectivity index (χ4n) is 1.94. The van der Waals surface area contributed by atoms with Gasteiger partial charge in [-0.05, 0) is 17.7 Å². The molecule has 1 saturated heterocycles. The molecule has 1 fully saturated rings. The topological polar surface area (TPSA) is 63.7 Å². The highest BCUT2D eigenvalue weighted by Crippen LogP contribution is 2.25. The van der Waals surface area contributed by atoms with Gasteiger partial charge in [0, 0.05) is 12.8 Å². The van der Waals surface area contributed by atoms with Gasteiger partial charge in [-0.1, -0.05) is 18.7 Å². The predicted molar refractivity (Wildman–Crippen MR) is 69.2 cm³/mol. The maximum absolute atomic E-state index is 11.6. The quantitative estimate of drug-likeness (QED) is 0.469. The van der Waals surface area contributed by atoms with Crippen molar-refractivity contribution in [3.63, 3.8) is 0 Å². The van der Waals surface area contributed by atoms with Crippen molar-refractivity contribution in [2.75, 3.05) is 12.0 Å². The molecule has 0 N–H and O–H groups in total. The van der Waals surface area contributed by atoms with Gasteiger partial charge in [0.1, 0.15) is 0 Å². The molecule has 98 valence electrons. The van der Waals surface area contributed by atoms with E-state index in [0.29, 0.717) is 11.3 Å². The number of amides is 2. The van der Waals surface area contributed by atoms with Gasteiger partial charge in [-0.2, -0.15) is 0 Å². The van der Waals surface area contributed by atoms with Crippen LogP contribution in [0.3, 0.4) is 0 Å². The molecule has 0 bridgehead atoms. The number of hydrogen-bond acceptors (Lipinski definition) is 4. The molecule has 2 rings (SSSR count). The number of rotatable bonds is 3. The first-order valence-electron chi connectivity index (χ1n) is 5.78. The van der Waals surface area contributed by atoms with Crippen molar-refractivity contribution in [2.24, 2.45) is 0 Å². The van der Waals surface area contributed by atoms with Gasteiger partial charge in [0.25, 0.3) is 0 Å². The number of carbonyl (C=O) groups excluding carboxylic acids is 3. The number of anilines is 1. The summed E-state index contributed by atoms with van der Waals surface area (Å²) in [5.74, 6) is -1.01. The Morgan fingerprint density at radius 3 is 2.47 bits per heavy atom. The van der Waals surface area contributed by atoms with Crippen molar-refractivity contribution >= 4 is 29.0 Å². The summed E-state index contributed by atoms with van der Waals surface area (Å²) in [5.41, 5.74) is 1.16. The molecule has 1 heterocycles. The highest BCUT2D eigenvalue weighted by atomic mass is 16.5. The monoisotopic (exact) mass is 259 g/mol. The summed E-state index contributed by atoms with van der Waals surface area (Å²) >= 11 is 0. The molecule has 1 aromatic rings. The van der Waals surface area contributed by atoms with E-state index < -0.39 is 5.97 Å². The third-order valence-electron chi connectivity index (χ3n) is 2.94. The van der Waals surface area contributed by atoms with Gasteiger partial charge in [-0.25, -0.2) is 4.79 Å². The summed E-state index contributed by atoms with van der Waals surface area (Å²) in [6.45, 7) is 3.64. The van der Waals surface area contributed by atoms with Gasteiger partial charge in [0.05, 0.1) is 18.4 Å². The Labute approximate surface area is 110 Å². The van der Waals surface area contributed by atoms with Crippen LogP contribution in [0.2, 0.25) is 0 Å². The molecule has 19 heavy (non-hydrogen) atoms. The van der Waals surface area contributed by atoms with Crippen molar-refractivity contribution in [2.45, 2.75) is 12.8 Å². The average Bonchev–Trinajstić information content (AvgIpc) is 2.76. The lowest BCUT2D eigenvalue weighted by Gasteiger charge is -2.15. The number of imide groups is 1. The minimum atomic E-state index is -0.545. The Bertz CT molecular complexity index is 561. The van der Waals surface area contributed by atoms with Crippen molar-refractivity contribution in [1.82, 2.24) is 0 Å². The normalized spacial score (nSPS) is 14.7. The molecule has 0 aliphatic carbocycles. The summed E-state index contributed by atoms with van der Waals surface area (Å²) in [4.78, 5) is 35.8. The number of ether oxygens (including phenoxy) is 1. The Balaban J connectivity index is 2.34. The predicted octanol–water partition coefficient (Wildman–Crippen LogP) is 1.53. The van der Waals surface area contributed by atoms with E-state index in [2.05, 4.69) is 11.3 Å². The molecule has 0 saturated carbocycles. The molecule has 0 spiro atoms. The van der Waals surface area contributed by atoms with Crippen LogP contribution in [-0.4, -0.2) is 24.9 Å². The molecular formula is C14H13NO4. The Hall–Kier alpha value is -2.43. The second-order valence-corrected chi connectivity index (χ2v) is 4.14. The van der Waals surface area contributed by atoms with E-state index in [1.54, 1.807) is 24.3 Å². The smallest absolute Gasteiger partial charge is 0.337 e. The van der Waals surface area contributed by atoms with E-state index in [0.717, 1.165) is 4.90 Å². The molecule has 0 unspecified atom stereocenters. The van der Waals surface area contributed by atoms with Crippen LogP contribution >= 0.6 is 0 Å². The van der Waals surface area contributed by atoms with Gasteiger partial charge in [0.15, 0.2) is 0 Å². The van der Waals surface area contributed by atoms with Crippen LogP contribution in [0.5, 0.6) is 0 Å². The maximum atomic E-state index is 11.6. The first kappa shape index (κ1) is 13.0. The molecule has 5 heteroatoms. The molecular weight excluding hydrogens is 246 g/mol. The van der Waals surface area contributed by atoms with Crippen LogP contribution < -0.4 is 4.90 Å². The summed E-state index contributed by atoms with van der Waals surface area (Å²) in [6, 6.07) is 6.57. The van der Waals surface area contributed by atoms with Gasteiger partial charge in [0.2, 0.25) is 11.8 Å².